The molecule has 5 rings (SSSR count). The number of rotatable bonds is 2. The van der Waals surface area contributed by atoms with Gasteiger partial charge in [-0.3, -0.25) is 0 Å². The minimum atomic E-state index is -0.460. The van der Waals surface area contributed by atoms with Crippen molar-refractivity contribution in [1.82, 2.24) is 4.90 Å². The highest BCUT2D eigenvalue weighted by Crippen LogP contribution is 2.29. The average Bonchev–Trinajstić information content (AvgIpc) is 2.68. The Morgan fingerprint density at radius 1 is 0.714 bits per heavy atom. The molecule has 0 saturated heterocycles. The fourth-order valence-electron chi connectivity index (χ4n) is 3.13. The van der Waals surface area contributed by atoms with Crippen LogP contribution in [0.3, 0.4) is 0 Å². The lowest BCUT2D eigenvalue weighted by Crippen LogP contribution is -2.42. The van der Waals surface area contributed by atoms with Crippen molar-refractivity contribution in [2.24, 2.45) is 20.0 Å². The number of nitrogens with zero attached hydrogens (tertiary/aromatic N) is 5. The summed E-state index contributed by atoms with van der Waals surface area (Å²) in [6, 6.07) is 14.4. The van der Waals surface area contributed by atoms with Gasteiger partial charge in [-0.2, -0.15) is 9.98 Å². The van der Waals surface area contributed by atoms with E-state index < -0.39 is 5.83 Å². The van der Waals surface area contributed by atoms with Crippen molar-refractivity contribution < 1.29 is 4.39 Å². The summed E-state index contributed by atoms with van der Waals surface area (Å²) >= 11 is 0. The molecule has 7 nitrogen and oxygen atoms in total. The molecule has 3 aliphatic rings. The second kappa shape index (κ2) is 5.98. The van der Waals surface area contributed by atoms with Crippen molar-refractivity contribution >= 4 is 34.8 Å². The Hall–Kier alpha value is -4.07. The van der Waals surface area contributed by atoms with Gasteiger partial charge in [0.15, 0.2) is 11.7 Å². The third kappa shape index (κ3) is 2.50. The van der Waals surface area contributed by atoms with E-state index in [0.717, 1.165) is 0 Å². The van der Waals surface area contributed by atoms with Gasteiger partial charge in [0, 0.05) is 34.7 Å². The summed E-state index contributed by atoms with van der Waals surface area (Å²) in [4.78, 5) is 19.6. The summed E-state index contributed by atoms with van der Waals surface area (Å²) in [6.07, 6.45) is 2.62. The molecule has 0 spiro atoms. The summed E-state index contributed by atoms with van der Waals surface area (Å²) in [5.74, 6) is 1.26. The minimum absolute atomic E-state index is 0.325. The predicted molar refractivity (Wildman–Crippen MR) is 109 cm³/mol. The van der Waals surface area contributed by atoms with Gasteiger partial charge in [0.1, 0.15) is 17.5 Å². The molecule has 0 saturated carbocycles. The lowest BCUT2D eigenvalue weighted by atomic mass is 10.1. The average molecular weight is 371 g/mol. The van der Waals surface area contributed by atoms with Gasteiger partial charge >= 0.3 is 0 Å². The number of allylic oxidation sites excluding steroid dienone is 2. The Morgan fingerprint density at radius 2 is 1.32 bits per heavy atom. The summed E-state index contributed by atoms with van der Waals surface area (Å²) in [6.45, 7) is 0. The molecule has 0 fully saturated rings. The lowest BCUT2D eigenvalue weighted by Gasteiger charge is -2.31. The highest BCUT2D eigenvalue weighted by Gasteiger charge is 2.33. The Morgan fingerprint density at radius 3 is 1.96 bits per heavy atom. The number of nitrogens with two attached hydrogens (primary N) is 2. The molecule has 28 heavy (non-hydrogen) atoms. The van der Waals surface area contributed by atoms with Gasteiger partial charge in [-0.15, -0.1) is 0 Å². The molecule has 136 valence electrons. The van der Waals surface area contributed by atoms with Gasteiger partial charge in [0.2, 0.25) is 5.96 Å². The number of halogens is 1. The molecular weight excluding hydrogens is 357 g/mol. The largest absolute Gasteiger partial charge is 0.398 e. The van der Waals surface area contributed by atoms with Gasteiger partial charge in [-0.25, -0.2) is 19.3 Å². The monoisotopic (exact) mass is 371 g/mol. The molecular formula is C20H14FN7. The summed E-state index contributed by atoms with van der Waals surface area (Å²) in [5, 5.41) is 0. The SMILES string of the molecule is Nc1ccccc1C1=NC2=CC(F)=CC3=NC(c4ccccc4N)=NC(=N1)N23. The van der Waals surface area contributed by atoms with Crippen molar-refractivity contribution in [3.8, 4) is 0 Å². The second-order valence-corrected chi connectivity index (χ2v) is 6.29. The Bertz CT molecular complexity index is 1160. The van der Waals surface area contributed by atoms with Crippen molar-refractivity contribution in [1.29, 1.82) is 0 Å². The highest BCUT2D eigenvalue weighted by molar-refractivity contribution is 6.26. The molecule has 2 aromatic rings. The summed E-state index contributed by atoms with van der Waals surface area (Å²) in [7, 11) is 0. The quantitative estimate of drug-likeness (QED) is 0.793. The first-order valence-electron chi connectivity index (χ1n) is 8.54. The van der Waals surface area contributed by atoms with E-state index >= 15 is 0 Å². The maximum Gasteiger partial charge on any atom is 0.241 e. The van der Waals surface area contributed by atoms with Gasteiger partial charge in [-0.05, 0) is 24.3 Å². The summed E-state index contributed by atoms with van der Waals surface area (Å²) in [5.41, 5.74) is 14.5. The van der Waals surface area contributed by atoms with Gasteiger partial charge in [0.05, 0.1) is 0 Å². The zero-order chi connectivity index (χ0) is 19.3. The van der Waals surface area contributed by atoms with Crippen LogP contribution in [0.25, 0.3) is 0 Å². The molecule has 3 heterocycles. The van der Waals surface area contributed by atoms with Crippen LogP contribution >= 0.6 is 0 Å². The standard InChI is InChI=1S/C20H14FN7/c21-11-9-16-24-18(12-5-1-3-7-14(12)22)26-20-27-19(25-17(10-11)28(16)20)13-6-2-4-8-15(13)23/h1-10H,22-23H2. The van der Waals surface area contributed by atoms with E-state index in [0.29, 0.717) is 51.8 Å². The first kappa shape index (κ1) is 16.1. The molecule has 2 aromatic carbocycles. The first-order chi connectivity index (χ1) is 13.6. The van der Waals surface area contributed by atoms with Crippen molar-refractivity contribution in [2.75, 3.05) is 11.5 Å². The Labute approximate surface area is 159 Å². The Balaban J connectivity index is 1.71. The zero-order valence-electron chi connectivity index (χ0n) is 14.5. The second-order valence-electron chi connectivity index (χ2n) is 6.29. The van der Waals surface area contributed by atoms with E-state index in [4.69, 9.17) is 11.5 Å². The van der Waals surface area contributed by atoms with Crippen LogP contribution in [-0.2, 0) is 0 Å². The zero-order valence-corrected chi connectivity index (χ0v) is 14.5. The van der Waals surface area contributed by atoms with E-state index in [1.807, 2.05) is 24.3 Å². The first-order valence-corrected chi connectivity index (χ1v) is 8.54. The molecule has 4 N–H and O–H groups in total. The smallest absolute Gasteiger partial charge is 0.241 e. The topological polar surface area (TPSA) is 105 Å². The van der Waals surface area contributed by atoms with Crippen LogP contribution in [0.5, 0.6) is 0 Å². The third-order valence-corrected chi connectivity index (χ3v) is 4.45. The van der Waals surface area contributed by atoms with E-state index in [-0.39, 0.29) is 0 Å². The fraction of sp³-hybridized carbons (Fsp3) is 0. The number of hydrogen-bond donors (Lipinski definition) is 2. The number of nitrogen functional groups attached to an aromatic ring is 2. The van der Waals surface area contributed by atoms with Crippen LogP contribution in [0.4, 0.5) is 15.8 Å². The molecule has 0 unspecified atom stereocenters. The van der Waals surface area contributed by atoms with Crippen molar-refractivity contribution in [3.63, 3.8) is 0 Å². The molecule has 3 aliphatic heterocycles. The van der Waals surface area contributed by atoms with Crippen LogP contribution in [0, 0.1) is 0 Å². The van der Waals surface area contributed by atoms with E-state index in [2.05, 4.69) is 20.0 Å². The maximum absolute atomic E-state index is 14.2. The van der Waals surface area contributed by atoms with Crippen LogP contribution in [0.2, 0.25) is 0 Å². The Kier molecular flexibility index (Phi) is 3.45. The van der Waals surface area contributed by atoms with Gasteiger partial charge in [-0.1, -0.05) is 24.3 Å². The van der Waals surface area contributed by atoms with E-state index in [9.17, 15) is 4.39 Å². The molecule has 0 radical (unpaired) electrons. The van der Waals surface area contributed by atoms with Gasteiger partial charge in [0.25, 0.3) is 0 Å². The van der Waals surface area contributed by atoms with Crippen LogP contribution in [0.15, 0.2) is 92.3 Å². The van der Waals surface area contributed by atoms with Gasteiger partial charge < -0.3 is 11.5 Å². The number of anilines is 2. The third-order valence-electron chi connectivity index (χ3n) is 4.45. The summed E-state index contributed by atoms with van der Waals surface area (Å²) < 4.78 is 14.2. The van der Waals surface area contributed by atoms with E-state index in [1.54, 1.807) is 29.2 Å². The number of guanidine groups is 1. The lowest BCUT2D eigenvalue weighted by molar-refractivity contribution is 0.631. The predicted octanol–water partition coefficient (Wildman–Crippen LogP) is 2.84. The molecule has 8 heteroatoms. The molecule has 0 atom stereocenters. The highest BCUT2D eigenvalue weighted by atomic mass is 19.1. The molecule has 0 aromatic heterocycles. The molecule has 0 bridgehead atoms. The number of amidine groups is 3. The fourth-order valence-corrected chi connectivity index (χ4v) is 3.13. The number of hydrogen-bond acceptors (Lipinski definition) is 7. The van der Waals surface area contributed by atoms with Crippen LogP contribution < -0.4 is 11.5 Å². The minimum Gasteiger partial charge on any atom is -0.398 e. The normalized spacial score (nSPS) is 17.5. The molecule has 0 aliphatic carbocycles. The van der Waals surface area contributed by atoms with Crippen molar-refractivity contribution in [2.45, 2.75) is 0 Å². The maximum atomic E-state index is 14.2. The number of para-hydroxylation sites is 2. The van der Waals surface area contributed by atoms with Crippen LogP contribution in [0.1, 0.15) is 11.1 Å². The van der Waals surface area contributed by atoms with Crippen molar-refractivity contribution in [3.05, 3.63) is 83.5 Å². The molecule has 0 amide bonds. The van der Waals surface area contributed by atoms with E-state index in [1.165, 1.54) is 12.2 Å². The number of aliphatic imine (C=N–C) groups is 4. The number of benzene rings is 2. The van der Waals surface area contributed by atoms with Crippen LogP contribution in [-0.4, -0.2) is 28.4 Å².